The van der Waals surface area contributed by atoms with Gasteiger partial charge in [0.05, 0.1) is 5.56 Å². The Morgan fingerprint density at radius 1 is 0.944 bits per heavy atom. The van der Waals surface area contributed by atoms with Crippen molar-refractivity contribution < 1.29 is 4.42 Å². The van der Waals surface area contributed by atoms with E-state index in [9.17, 15) is 0 Å². The highest BCUT2D eigenvalue weighted by Gasteiger charge is 2.13. The van der Waals surface area contributed by atoms with Crippen LogP contribution in [0.1, 0.15) is 11.5 Å². The second-order valence-corrected chi connectivity index (χ2v) is 4.93. The molecule has 0 saturated carbocycles. The van der Waals surface area contributed by atoms with Crippen LogP contribution in [0.25, 0.3) is 22.6 Å². The smallest absolute Gasteiger partial charge is 0.249 e. The van der Waals surface area contributed by atoms with E-state index in [-0.39, 0.29) is 0 Å². The molecule has 0 bridgehead atoms. The minimum Gasteiger partial charge on any atom is -0.421 e. The van der Waals surface area contributed by atoms with E-state index >= 15 is 0 Å². The molecule has 3 rings (SSSR count). The third-order valence-corrected chi connectivity index (χ3v) is 3.52. The van der Waals surface area contributed by atoms with Crippen LogP contribution in [0.3, 0.4) is 0 Å². The van der Waals surface area contributed by atoms with E-state index in [1.54, 1.807) is 18.3 Å². The van der Waals surface area contributed by atoms with Crippen molar-refractivity contribution in [3.8, 4) is 22.6 Å². The largest absolute Gasteiger partial charge is 0.421 e. The quantitative estimate of drug-likeness (QED) is 0.693. The number of rotatable bonds is 2. The van der Waals surface area contributed by atoms with Crippen LogP contribution in [-0.2, 0) is 0 Å². The molecule has 0 unspecified atom stereocenters. The molecule has 0 aliphatic carbocycles. The fourth-order valence-electron chi connectivity index (χ4n) is 1.82. The molecule has 0 saturated heterocycles. The van der Waals surface area contributed by atoms with Crippen LogP contribution in [-0.4, -0.2) is 10.2 Å². The van der Waals surface area contributed by atoms with Gasteiger partial charge in [-0.05, 0) is 17.9 Å². The van der Waals surface area contributed by atoms with Gasteiger partial charge in [0.1, 0.15) is 0 Å². The summed E-state index contributed by atoms with van der Waals surface area (Å²) in [7, 11) is 0. The summed E-state index contributed by atoms with van der Waals surface area (Å²) in [6, 6.07) is 8.44. The van der Waals surface area contributed by atoms with Gasteiger partial charge in [0.25, 0.3) is 0 Å². The average Bonchev–Trinajstić information content (AvgIpc) is 2.98. The Morgan fingerprint density at radius 3 is 2.33 bits per heavy atom. The van der Waals surface area contributed by atoms with Crippen LogP contribution < -0.4 is 0 Å². The first kappa shape index (κ1) is 11.2. The number of aromatic nitrogens is 2. The zero-order valence-electron chi connectivity index (χ0n) is 10.2. The Morgan fingerprint density at radius 2 is 1.67 bits per heavy atom. The van der Waals surface area contributed by atoms with E-state index < -0.39 is 0 Å². The van der Waals surface area contributed by atoms with Crippen LogP contribution in [0.15, 0.2) is 39.4 Å². The SMILES string of the molecule is Cc1ccc(-c2cscc2-c2nnc(C)o2)cc1. The van der Waals surface area contributed by atoms with Crippen molar-refractivity contribution in [1.82, 2.24) is 10.2 Å². The molecule has 4 heteroatoms. The van der Waals surface area contributed by atoms with Crippen LogP contribution in [0.4, 0.5) is 0 Å². The highest BCUT2D eigenvalue weighted by Crippen LogP contribution is 2.34. The summed E-state index contributed by atoms with van der Waals surface area (Å²) in [5.74, 6) is 1.18. The summed E-state index contributed by atoms with van der Waals surface area (Å²) in [4.78, 5) is 0. The molecule has 0 radical (unpaired) electrons. The maximum Gasteiger partial charge on any atom is 0.249 e. The number of nitrogens with zero attached hydrogens (tertiary/aromatic N) is 2. The van der Waals surface area contributed by atoms with Crippen molar-refractivity contribution in [2.75, 3.05) is 0 Å². The third kappa shape index (κ3) is 1.95. The van der Waals surface area contributed by atoms with Crippen molar-refractivity contribution in [2.45, 2.75) is 13.8 Å². The van der Waals surface area contributed by atoms with Gasteiger partial charge >= 0.3 is 0 Å². The number of hydrogen-bond donors (Lipinski definition) is 0. The molecule has 3 nitrogen and oxygen atoms in total. The van der Waals surface area contributed by atoms with Gasteiger partial charge in [-0.1, -0.05) is 29.8 Å². The fourth-order valence-corrected chi connectivity index (χ4v) is 2.66. The molecule has 90 valence electrons. The molecule has 0 amide bonds. The Balaban J connectivity index is 2.09. The summed E-state index contributed by atoms with van der Waals surface area (Å²) in [6.07, 6.45) is 0. The van der Waals surface area contributed by atoms with Crippen molar-refractivity contribution >= 4 is 11.3 Å². The molecule has 0 aliphatic heterocycles. The van der Waals surface area contributed by atoms with E-state index in [1.807, 2.05) is 5.38 Å². The van der Waals surface area contributed by atoms with Crippen LogP contribution in [0, 0.1) is 13.8 Å². The first-order chi connectivity index (χ1) is 8.74. The summed E-state index contributed by atoms with van der Waals surface area (Å²) >= 11 is 1.64. The third-order valence-electron chi connectivity index (χ3n) is 2.78. The van der Waals surface area contributed by atoms with Crippen LogP contribution in [0.2, 0.25) is 0 Å². The molecular weight excluding hydrogens is 244 g/mol. The average molecular weight is 256 g/mol. The topological polar surface area (TPSA) is 38.9 Å². The molecule has 0 N–H and O–H groups in total. The number of thiophene rings is 1. The summed E-state index contributed by atoms with van der Waals surface area (Å²) in [5.41, 5.74) is 4.57. The summed E-state index contributed by atoms with van der Waals surface area (Å²) in [6.45, 7) is 3.88. The lowest BCUT2D eigenvalue weighted by Gasteiger charge is -2.01. The van der Waals surface area contributed by atoms with E-state index in [4.69, 9.17) is 4.42 Å². The van der Waals surface area contributed by atoms with Gasteiger partial charge in [-0.3, -0.25) is 0 Å². The summed E-state index contributed by atoms with van der Waals surface area (Å²) in [5, 5.41) is 12.1. The number of benzene rings is 1. The maximum atomic E-state index is 5.50. The molecule has 0 fully saturated rings. The van der Waals surface area contributed by atoms with Crippen molar-refractivity contribution in [3.63, 3.8) is 0 Å². The lowest BCUT2D eigenvalue weighted by Crippen LogP contribution is -1.81. The molecule has 2 heterocycles. The second-order valence-electron chi connectivity index (χ2n) is 4.19. The van der Waals surface area contributed by atoms with Crippen LogP contribution >= 0.6 is 11.3 Å². The maximum absolute atomic E-state index is 5.50. The lowest BCUT2D eigenvalue weighted by molar-refractivity contribution is 0.533. The van der Waals surface area contributed by atoms with Gasteiger partial charge in [-0.2, -0.15) is 11.3 Å². The van der Waals surface area contributed by atoms with Gasteiger partial charge in [0, 0.05) is 17.9 Å². The Kier molecular flexibility index (Phi) is 2.72. The first-order valence-electron chi connectivity index (χ1n) is 5.68. The number of hydrogen-bond acceptors (Lipinski definition) is 4. The standard InChI is InChI=1S/C14H12N2OS/c1-9-3-5-11(6-4-9)12-7-18-8-13(12)14-16-15-10(2)17-14/h3-8H,1-2H3. The molecule has 0 atom stereocenters. The van der Waals surface area contributed by atoms with E-state index in [0.29, 0.717) is 11.8 Å². The molecule has 1 aromatic carbocycles. The highest BCUT2D eigenvalue weighted by molar-refractivity contribution is 7.08. The predicted octanol–water partition coefficient (Wildman–Crippen LogP) is 4.08. The summed E-state index contributed by atoms with van der Waals surface area (Å²) < 4.78 is 5.50. The zero-order valence-corrected chi connectivity index (χ0v) is 11.0. The Hall–Kier alpha value is -1.94. The van der Waals surface area contributed by atoms with Gasteiger partial charge in [0.2, 0.25) is 11.8 Å². The normalized spacial score (nSPS) is 10.8. The van der Waals surface area contributed by atoms with E-state index in [1.165, 1.54) is 11.1 Å². The Bertz CT molecular complexity index is 667. The molecule has 3 aromatic rings. The predicted molar refractivity (Wildman–Crippen MR) is 72.5 cm³/mol. The zero-order chi connectivity index (χ0) is 12.5. The van der Waals surface area contributed by atoms with Gasteiger partial charge in [0.15, 0.2) is 0 Å². The van der Waals surface area contributed by atoms with Crippen molar-refractivity contribution in [2.24, 2.45) is 0 Å². The van der Waals surface area contributed by atoms with Gasteiger partial charge in [-0.15, -0.1) is 10.2 Å². The van der Waals surface area contributed by atoms with E-state index in [0.717, 1.165) is 11.1 Å². The van der Waals surface area contributed by atoms with Crippen molar-refractivity contribution in [3.05, 3.63) is 46.5 Å². The first-order valence-corrected chi connectivity index (χ1v) is 6.62. The number of aryl methyl sites for hydroxylation is 2. The fraction of sp³-hybridized carbons (Fsp3) is 0.143. The lowest BCUT2D eigenvalue weighted by atomic mass is 10.0. The molecule has 18 heavy (non-hydrogen) atoms. The van der Waals surface area contributed by atoms with Crippen molar-refractivity contribution in [1.29, 1.82) is 0 Å². The van der Waals surface area contributed by atoms with E-state index in [2.05, 4.69) is 46.8 Å². The Labute approximate surface area is 109 Å². The molecule has 0 spiro atoms. The molecule has 2 aromatic heterocycles. The molecule has 0 aliphatic rings. The second kappa shape index (κ2) is 4.38. The van der Waals surface area contributed by atoms with Crippen LogP contribution in [0.5, 0.6) is 0 Å². The van der Waals surface area contributed by atoms with Gasteiger partial charge in [-0.25, -0.2) is 0 Å². The minimum absolute atomic E-state index is 0.587. The highest BCUT2D eigenvalue weighted by atomic mass is 32.1. The minimum atomic E-state index is 0.587. The monoisotopic (exact) mass is 256 g/mol. The van der Waals surface area contributed by atoms with Gasteiger partial charge < -0.3 is 4.42 Å². The molecular formula is C14H12N2OS.